The summed E-state index contributed by atoms with van der Waals surface area (Å²) in [5.74, 6) is 0.724. The molecule has 4 heterocycles. The maximum Gasteiger partial charge on any atom is 0.258 e. The summed E-state index contributed by atoms with van der Waals surface area (Å²) >= 11 is 0. The van der Waals surface area contributed by atoms with E-state index in [-0.39, 0.29) is 17.9 Å². The molecule has 6 nitrogen and oxygen atoms in total. The van der Waals surface area contributed by atoms with Gasteiger partial charge in [0.15, 0.2) is 5.60 Å². The number of pyridine rings is 2. The summed E-state index contributed by atoms with van der Waals surface area (Å²) in [7, 11) is 0. The Morgan fingerprint density at radius 3 is 2.77 bits per heavy atom. The number of aromatic nitrogens is 2. The van der Waals surface area contributed by atoms with Crippen LogP contribution in [0.2, 0.25) is 0 Å². The van der Waals surface area contributed by atoms with Gasteiger partial charge in [0.1, 0.15) is 18.1 Å². The fourth-order valence-electron chi connectivity index (χ4n) is 4.78. The van der Waals surface area contributed by atoms with Crippen LogP contribution in [-0.4, -0.2) is 20.3 Å². The highest BCUT2D eigenvalue weighted by atomic mass is 16.6. The molecule has 1 aromatic carbocycles. The number of rotatable bonds is 2. The van der Waals surface area contributed by atoms with Gasteiger partial charge in [-0.1, -0.05) is 13.5 Å². The van der Waals surface area contributed by atoms with Gasteiger partial charge in [0.2, 0.25) is 0 Å². The molecule has 3 aromatic rings. The number of phenolic OH excluding ortho intramolecular Hbond substituents is 1. The normalized spacial score (nSPS) is 19.7. The van der Waals surface area contributed by atoms with Crippen molar-refractivity contribution in [3.63, 3.8) is 0 Å². The molecule has 1 atom stereocenters. The van der Waals surface area contributed by atoms with Gasteiger partial charge >= 0.3 is 0 Å². The van der Waals surface area contributed by atoms with E-state index in [1.807, 2.05) is 39.8 Å². The fraction of sp³-hybridized carbons (Fsp3) is 0.360. The highest BCUT2D eigenvalue weighted by Crippen LogP contribution is 2.46. The van der Waals surface area contributed by atoms with Crippen molar-refractivity contribution in [2.75, 3.05) is 0 Å². The molecule has 0 spiro atoms. The van der Waals surface area contributed by atoms with Gasteiger partial charge < -0.3 is 19.1 Å². The lowest BCUT2D eigenvalue weighted by Crippen LogP contribution is -2.44. The van der Waals surface area contributed by atoms with E-state index in [4.69, 9.17) is 14.5 Å². The van der Waals surface area contributed by atoms with Crippen molar-refractivity contribution in [2.45, 2.75) is 58.5 Å². The summed E-state index contributed by atoms with van der Waals surface area (Å²) in [5, 5.41) is 10.7. The highest BCUT2D eigenvalue weighted by molar-refractivity contribution is 5.85. The molecule has 2 aromatic heterocycles. The van der Waals surface area contributed by atoms with Gasteiger partial charge in [0.25, 0.3) is 5.56 Å². The van der Waals surface area contributed by atoms with Crippen molar-refractivity contribution in [1.29, 1.82) is 0 Å². The molecule has 2 aliphatic rings. The minimum atomic E-state index is -0.897. The van der Waals surface area contributed by atoms with Crippen LogP contribution in [0.5, 0.6) is 5.75 Å². The molecular weight excluding hydrogens is 392 g/mol. The molecule has 0 amide bonds. The molecule has 2 aliphatic heterocycles. The quantitative estimate of drug-likeness (QED) is 0.515. The Morgan fingerprint density at radius 1 is 1.29 bits per heavy atom. The van der Waals surface area contributed by atoms with Crippen molar-refractivity contribution >= 4 is 10.9 Å². The Hall–Kier alpha value is -3.12. The van der Waals surface area contributed by atoms with Crippen LogP contribution < -0.4 is 5.56 Å². The molecule has 5 rings (SSSR count). The second kappa shape index (κ2) is 6.44. The predicted molar refractivity (Wildman–Crippen MR) is 119 cm³/mol. The number of ether oxygens (including phenoxy) is 2. The van der Waals surface area contributed by atoms with E-state index in [0.29, 0.717) is 24.3 Å². The maximum atomic E-state index is 13.5. The predicted octanol–water partition coefficient (Wildman–Crippen LogP) is 4.60. The third-order valence-corrected chi connectivity index (χ3v) is 6.10. The van der Waals surface area contributed by atoms with Gasteiger partial charge in [0, 0.05) is 16.5 Å². The molecule has 0 radical (unpaired) electrons. The largest absolute Gasteiger partial charge is 0.508 e. The summed E-state index contributed by atoms with van der Waals surface area (Å²) < 4.78 is 14.1. The summed E-state index contributed by atoms with van der Waals surface area (Å²) in [6, 6.07) is 9.13. The number of hydrogen-bond acceptors (Lipinski definition) is 5. The van der Waals surface area contributed by atoms with E-state index >= 15 is 0 Å². The van der Waals surface area contributed by atoms with Crippen LogP contribution in [0.25, 0.3) is 22.3 Å². The zero-order chi connectivity index (χ0) is 22.1. The van der Waals surface area contributed by atoms with Crippen LogP contribution in [-0.2, 0) is 28.2 Å². The van der Waals surface area contributed by atoms with E-state index in [9.17, 15) is 9.90 Å². The van der Waals surface area contributed by atoms with Crippen molar-refractivity contribution in [1.82, 2.24) is 9.55 Å². The first kappa shape index (κ1) is 19.8. The fourth-order valence-corrected chi connectivity index (χ4v) is 4.78. The van der Waals surface area contributed by atoms with Crippen molar-refractivity contribution in [3.8, 4) is 17.1 Å². The van der Waals surface area contributed by atoms with Crippen LogP contribution >= 0.6 is 0 Å². The Labute approximate surface area is 180 Å². The first-order valence-electron chi connectivity index (χ1n) is 10.6. The van der Waals surface area contributed by atoms with Gasteiger partial charge in [-0.05, 0) is 57.5 Å². The summed E-state index contributed by atoms with van der Waals surface area (Å²) in [5.41, 5.74) is 3.28. The van der Waals surface area contributed by atoms with Crippen molar-refractivity contribution in [3.05, 3.63) is 69.7 Å². The number of benzene rings is 1. The molecule has 0 saturated heterocycles. The van der Waals surface area contributed by atoms with E-state index < -0.39 is 11.2 Å². The minimum Gasteiger partial charge on any atom is -0.508 e. The third kappa shape index (κ3) is 2.89. The molecule has 0 fully saturated rings. The van der Waals surface area contributed by atoms with Crippen LogP contribution in [0, 0.1) is 0 Å². The molecule has 160 valence electrons. The average molecular weight is 418 g/mol. The van der Waals surface area contributed by atoms with Crippen molar-refractivity contribution in [2.24, 2.45) is 0 Å². The molecule has 31 heavy (non-hydrogen) atoms. The SMILES string of the molecule is C=C1OCc2c(cc3n(c2=O)Cc2cc4cc(O)ccc4nc2-3)[C@]1(CC)OC(C)(C)C. The van der Waals surface area contributed by atoms with Crippen LogP contribution in [0.1, 0.15) is 50.8 Å². The number of phenols is 1. The third-order valence-electron chi connectivity index (χ3n) is 6.10. The van der Waals surface area contributed by atoms with E-state index in [2.05, 4.69) is 6.58 Å². The Balaban J connectivity index is 1.77. The van der Waals surface area contributed by atoms with Crippen LogP contribution in [0.3, 0.4) is 0 Å². The first-order chi connectivity index (χ1) is 14.6. The molecule has 6 heteroatoms. The molecule has 1 N–H and O–H groups in total. The van der Waals surface area contributed by atoms with Gasteiger partial charge in [-0.25, -0.2) is 4.98 Å². The Bertz CT molecular complexity index is 1320. The zero-order valence-corrected chi connectivity index (χ0v) is 18.3. The second-order valence-electron chi connectivity index (χ2n) is 9.29. The lowest BCUT2D eigenvalue weighted by Gasteiger charge is -2.43. The van der Waals surface area contributed by atoms with Gasteiger partial charge in [-0.2, -0.15) is 0 Å². The van der Waals surface area contributed by atoms with Gasteiger partial charge in [-0.3, -0.25) is 4.79 Å². The molecule has 0 bridgehead atoms. The Morgan fingerprint density at radius 2 is 2.06 bits per heavy atom. The summed E-state index contributed by atoms with van der Waals surface area (Å²) in [4.78, 5) is 18.4. The lowest BCUT2D eigenvalue weighted by molar-refractivity contribution is -0.149. The minimum absolute atomic E-state index is 0.0831. The number of fused-ring (bicyclic) bond motifs is 5. The maximum absolute atomic E-state index is 13.5. The van der Waals surface area contributed by atoms with E-state index in [1.165, 1.54) is 0 Å². The standard InChI is InChI=1S/C25H26N2O4/c1-6-25(31-24(3,4)5)14(2)30-13-18-19(25)11-21-22-16(12-27(21)23(18)29)9-15-10-17(28)7-8-20(15)26-22/h7-11,28H,2,6,12-13H2,1,3-5H3/t25-/m1/s1. The highest BCUT2D eigenvalue weighted by Gasteiger charge is 2.46. The van der Waals surface area contributed by atoms with Crippen LogP contribution in [0.4, 0.5) is 0 Å². The molecule has 0 unspecified atom stereocenters. The average Bonchev–Trinajstić information content (AvgIpc) is 3.05. The molecule has 0 saturated carbocycles. The number of aromatic hydroxyl groups is 1. The van der Waals surface area contributed by atoms with Gasteiger partial charge in [0.05, 0.1) is 34.6 Å². The number of nitrogens with zero attached hydrogens (tertiary/aromatic N) is 2. The second-order valence-corrected chi connectivity index (χ2v) is 9.29. The topological polar surface area (TPSA) is 73.6 Å². The molecular formula is C25H26N2O4. The first-order valence-corrected chi connectivity index (χ1v) is 10.6. The van der Waals surface area contributed by atoms with E-state index in [1.54, 1.807) is 22.8 Å². The lowest BCUT2D eigenvalue weighted by atomic mass is 9.83. The Kier molecular flexibility index (Phi) is 4.12. The zero-order valence-electron chi connectivity index (χ0n) is 18.3. The van der Waals surface area contributed by atoms with E-state index in [0.717, 1.165) is 33.4 Å². The summed E-state index contributed by atoms with van der Waals surface area (Å²) in [6.45, 7) is 12.8. The van der Waals surface area contributed by atoms with Crippen molar-refractivity contribution < 1.29 is 14.6 Å². The molecule has 0 aliphatic carbocycles. The summed E-state index contributed by atoms with van der Waals surface area (Å²) in [6.07, 6.45) is 0.594. The van der Waals surface area contributed by atoms with Crippen LogP contribution in [0.15, 0.2) is 47.5 Å². The van der Waals surface area contributed by atoms with Gasteiger partial charge in [-0.15, -0.1) is 0 Å². The number of hydrogen-bond donors (Lipinski definition) is 1. The monoisotopic (exact) mass is 418 g/mol. The smallest absolute Gasteiger partial charge is 0.258 e.